The summed E-state index contributed by atoms with van der Waals surface area (Å²) in [6.45, 7) is 0. The minimum Gasteiger partial charge on any atom is -0.382 e. The van der Waals surface area contributed by atoms with Crippen LogP contribution in [-0.2, 0) is 0 Å². The Kier molecular flexibility index (Phi) is 4.68. The second kappa shape index (κ2) is 6.29. The minimum atomic E-state index is -0.0345. The number of H-pyrrole nitrogens is 1. The van der Waals surface area contributed by atoms with E-state index in [2.05, 4.69) is 10.3 Å². The minimum absolute atomic E-state index is 0. The number of aromatic nitrogens is 1. The molecule has 1 fully saturated rings. The molecule has 3 rings (SSSR count). The molecule has 1 aliphatic rings. The third-order valence-electron chi connectivity index (χ3n) is 3.92. The molecule has 4 nitrogen and oxygen atoms in total. The zero-order valence-corrected chi connectivity index (χ0v) is 12.1. The number of anilines is 1. The van der Waals surface area contributed by atoms with Crippen molar-refractivity contribution in [3.63, 3.8) is 0 Å². The normalized spacial score (nSPS) is 22.2. The smallest absolute Gasteiger partial charge is 0.255 e. The highest BCUT2D eigenvalue weighted by molar-refractivity contribution is 5.85. The van der Waals surface area contributed by atoms with Gasteiger partial charge in [-0.05, 0) is 55.3 Å². The summed E-state index contributed by atoms with van der Waals surface area (Å²) in [5.41, 5.74) is 6.96. The quantitative estimate of drug-likeness (QED) is 0.797. The monoisotopic (exact) mass is 293 g/mol. The highest BCUT2D eigenvalue weighted by Crippen LogP contribution is 2.23. The van der Waals surface area contributed by atoms with Crippen LogP contribution in [0.4, 0.5) is 5.69 Å². The molecule has 1 heterocycles. The van der Waals surface area contributed by atoms with Crippen molar-refractivity contribution in [3.05, 3.63) is 40.8 Å². The van der Waals surface area contributed by atoms with Crippen molar-refractivity contribution in [1.82, 2.24) is 4.98 Å². The lowest BCUT2D eigenvalue weighted by Crippen LogP contribution is -2.32. The Bertz CT molecular complexity index is 632. The molecule has 0 amide bonds. The molecule has 108 valence electrons. The Morgan fingerprint density at radius 2 is 1.90 bits per heavy atom. The van der Waals surface area contributed by atoms with Crippen molar-refractivity contribution in [2.45, 2.75) is 37.8 Å². The molecule has 1 aliphatic carbocycles. The summed E-state index contributed by atoms with van der Waals surface area (Å²) in [4.78, 5) is 14.3. The molecule has 4 N–H and O–H groups in total. The molecular formula is C15H20ClN3O. The van der Waals surface area contributed by atoms with Crippen molar-refractivity contribution >= 4 is 28.9 Å². The third-order valence-corrected chi connectivity index (χ3v) is 3.92. The van der Waals surface area contributed by atoms with Gasteiger partial charge in [-0.15, -0.1) is 12.4 Å². The van der Waals surface area contributed by atoms with E-state index in [0.29, 0.717) is 12.1 Å². The van der Waals surface area contributed by atoms with E-state index in [4.69, 9.17) is 5.73 Å². The highest BCUT2D eigenvalue weighted by Gasteiger charge is 2.18. The molecule has 0 unspecified atom stereocenters. The van der Waals surface area contributed by atoms with Gasteiger partial charge in [-0.1, -0.05) is 0 Å². The van der Waals surface area contributed by atoms with Crippen LogP contribution in [0.25, 0.3) is 10.8 Å². The Morgan fingerprint density at radius 1 is 1.15 bits per heavy atom. The van der Waals surface area contributed by atoms with Gasteiger partial charge < -0.3 is 16.0 Å². The molecule has 0 atom stereocenters. The van der Waals surface area contributed by atoms with Crippen molar-refractivity contribution < 1.29 is 0 Å². The molecule has 0 aliphatic heterocycles. The molecule has 1 aromatic heterocycles. The summed E-state index contributed by atoms with van der Waals surface area (Å²) in [6, 6.07) is 8.70. The highest BCUT2D eigenvalue weighted by atomic mass is 35.5. The van der Waals surface area contributed by atoms with E-state index in [9.17, 15) is 4.79 Å². The van der Waals surface area contributed by atoms with Gasteiger partial charge in [0.05, 0.1) is 0 Å². The lowest BCUT2D eigenvalue weighted by Gasteiger charge is -2.27. The van der Waals surface area contributed by atoms with Crippen molar-refractivity contribution in [2.24, 2.45) is 5.73 Å². The number of aromatic amines is 1. The van der Waals surface area contributed by atoms with Crippen LogP contribution in [0.2, 0.25) is 0 Å². The molecule has 1 aromatic carbocycles. The van der Waals surface area contributed by atoms with Crippen LogP contribution in [-0.4, -0.2) is 17.1 Å². The molecule has 2 aromatic rings. The van der Waals surface area contributed by atoms with Gasteiger partial charge in [0, 0.05) is 29.4 Å². The fourth-order valence-corrected chi connectivity index (χ4v) is 2.78. The van der Waals surface area contributed by atoms with Crippen LogP contribution in [0.15, 0.2) is 35.3 Å². The van der Waals surface area contributed by atoms with Crippen molar-refractivity contribution in [3.8, 4) is 0 Å². The zero-order valence-electron chi connectivity index (χ0n) is 11.3. The Morgan fingerprint density at radius 3 is 2.65 bits per heavy atom. The number of halogens is 1. The predicted octanol–water partition coefficient (Wildman–Crippen LogP) is 2.63. The van der Waals surface area contributed by atoms with Gasteiger partial charge in [0.1, 0.15) is 0 Å². The fraction of sp³-hybridized carbons (Fsp3) is 0.400. The maximum Gasteiger partial charge on any atom is 0.255 e. The molecule has 0 radical (unpaired) electrons. The van der Waals surface area contributed by atoms with E-state index in [1.165, 1.54) is 0 Å². The average molecular weight is 294 g/mol. The molecule has 0 bridgehead atoms. The SMILES string of the molecule is Cl.NC1CCC(Nc2ccc3c(=O)[nH]ccc3c2)CC1. The van der Waals surface area contributed by atoms with Gasteiger partial charge in [0.2, 0.25) is 0 Å². The van der Waals surface area contributed by atoms with Crippen LogP contribution in [0, 0.1) is 0 Å². The molecule has 0 saturated heterocycles. The zero-order chi connectivity index (χ0) is 13.2. The Balaban J connectivity index is 0.00000147. The average Bonchev–Trinajstić information content (AvgIpc) is 2.42. The molecule has 20 heavy (non-hydrogen) atoms. The van der Waals surface area contributed by atoms with Crippen LogP contribution in [0.3, 0.4) is 0 Å². The number of hydrogen-bond acceptors (Lipinski definition) is 3. The van der Waals surface area contributed by atoms with Crippen LogP contribution in [0.1, 0.15) is 25.7 Å². The number of nitrogens with two attached hydrogens (primary N) is 1. The third kappa shape index (κ3) is 3.14. The first-order valence-electron chi connectivity index (χ1n) is 6.86. The van der Waals surface area contributed by atoms with E-state index < -0.39 is 0 Å². The summed E-state index contributed by atoms with van der Waals surface area (Å²) in [7, 11) is 0. The van der Waals surface area contributed by atoms with Crippen molar-refractivity contribution in [1.29, 1.82) is 0 Å². The maximum absolute atomic E-state index is 11.6. The lowest BCUT2D eigenvalue weighted by atomic mass is 9.91. The number of fused-ring (bicyclic) bond motifs is 1. The first kappa shape index (κ1) is 14.9. The number of pyridine rings is 1. The molecular weight excluding hydrogens is 274 g/mol. The number of rotatable bonds is 2. The van der Waals surface area contributed by atoms with E-state index in [-0.39, 0.29) is 18.0 Å². The van der Waals surface area contributed by atoms with Crippen molar-refractivity contribution in [2.75, 3.05) is 5.32 Å². The van der Waals surface area contributed by atoms with Gasteiger partial charge in [-0.2, -0.15) is 0 Å². The van der Waals surface area contributed by atoms with Gasteiger partial charge in [-0.3, -0.25) is 4.79 Å². The van der Waals surface area contributed by atoms with Crippen LogP contribution < -0.4 is 16.6 Å². The Hall–Kier alpha value is -1.52. The second-order valence-corrected chi connectivity index (χ2v) is 5.36. The fourth-order valence-electron chi connectivity index (χ4n) is 2.78. The molecule has 5 heteroatoms. The van der Waals surface area contributed by atoms with E-state index >= 15 is 0 Å². The molecule has 1 saturated carbocycles. The largest absolute Gasteiger partial charge is 0.382 e. The number of benzene rings is 1. The van der Waals surface area contributed by atoms with E-state index in [1.807, 2.05) is 24.3 Å². The Labute approximate surface area is 124 Å². The van der Waals surface area contributed by atoms with Gasteiger partial charge >= 0.3 is 0 Å². The summed E-state index contributed by atoms with van der Waals surface area (Å²) in [5.74, 6) is 0. The number of nitrogens with one attached hydrogen (secondary N) is 2. The lowest BCUT2D eigenvalue weighted by molar-refractivity contribution is 0.411. The topological polar surface area (TPSA) is 70.9 Å². The predicted molar refractivity (Wildman–Crippen MR) is 85.7 cm³/mol. The summed E-state index contributed by atoms with van der Waals surface area (Å²) in [6.07, 6.45) is 6.10. The maximum atomic E-state index is 11.6. The first-order valence-corrected chi connectivity index (χ1v) is 6.86. The standard InChI is InChI=1S/C15H19N3O.ClH/c16-11-1-3-12(4-2-11)18-13-5-6-14-10(9-13)7-8-17-15(14)19;/h5-9,11-12,18H,1-4,16H2,(H,17,19);1H. The van der Waals surface area contributed by atoms with Gasteiger partial charge in [0.25, 0.3) is 5.56 Å². The van der Waals surface area contributed by atoms with E-state index in [1.54, 1.807) is 6.20 Å². The van der Waals surface area contributed by atoms with Crippen LogP contribution in [0.5, 0.6) is 0 Å². The number of hydrogen-bond donors (Lipinski definition) is 3. The summed E-state index contributed by atoms with van der Waals surface area (Å²) in [5, 5.41) is 5.25. The second-order valence-electron chi connectivity index (χ2n) is 5.36. The van der Waals surface area contributed by atoms with Gasteiger partial charge in [-0.25, -0.2) is 0 Å². The molecule has 0 spiro atoms. The van der Waals surface area contributed by atoms with Gasteiger partial charge in [0.15, 0.2) is 0 Å². The van der Waals surface area contributed by atoms with Crippen LogP contribution >= 0.6 is 12.4 Å². The first-order chi connectivity index (χ1) is 9.22. The summed E-state index contributed by atoms with van der Waals surface area (Å²) >= 11 is 0. The summed E-state index contributed by atoms with van der Waals surface area (Å²) < 4.78 is 0. The van der Waals surface area contributed by atoms with E-state index in [0.717, 1.165) is 42.1 Å².